The quantitative estimate of drug-likeness (QED) is 0.709. The van der Waals surface area contributed by atoms with Crippen LogP contribution in [-0.2, 0) is 0 Å². The first-order chi connectivity index (χ1) is 12.0. The zero-order valence-electron chi connectivity index (χ0n) is 13.7. The van der Waals surface area contributed by atoms with Gasteiger partial charge in [0.15, 0.2) is 0 Å². The Balaban J connectivity index is 1.93. The van der Waals surface area contributed by atoms with Crippen LogP contribution in [0, 0.1) is 0 Å². The van der Waals surface area contributed by atoms with Gasteiger partial charge in [-0.1, -0.05) is 41.2 Å². The highest BCUT2D eigenvalue weighted by atomic mass is 35.5. The van der Waals surface area contributed by atoms with Crippen LogP contribution in [0.3, 0.4) is 0 Å². The maximum Gasteiger partial charge on any atom is 0.291 e. The summed E-state index contributed by atoms with van der Waals surface area (Å²) in [6, 6.07) is 5.52. The number of aromatic nitrogens is 2. The van der Waals surface area contributed by atoms with Gasteiger partial charge in [-0.3, -0.25) is 4.79 Å². The third-order valence-electron chi connectivity index (χ3n) is 4.35. The molecular formula is C17H18Cl3N3OS. The van der Waals surface area contributed by atoms with Crippen molar-refractivity contribution < 1.29 is 0 Å². The largest absolute Gasteiger partial charge is 0.369 e. The summed E-state index contributed by atoms with van der Waals surface area (Å²) in [6.45, 7) is 1.96. The molecule has 2 heterocycles. The highest BCUT2D eigenvalue weighted by molar-refractivity contribution is 7.99. The summed E-state index contributed by atoms with van der Waals surface area (Å²) >= 11 is 20.2. The molecular weight excluding hydrogens is 401 g/mol. The Bertz CT molecular complexity index is 827. The average molecular weight is 419 g/mol. The van der Waals surface area contributed by atoms with E-state index in [1.807, 2.05) is 23.9 Å². The minimum Gasteiger partial charge on any atom is -0.369 e. The topological polar surface area (TPSA) is 38.1 Å². The van der Waals surface area contributed by atoms with Gasteiger partial charge in [-0.05, 0) is 37.3 Å². The Hall–Kier alpha value is -0.880. The maximum atomic E-state index is 12.2. The number of benzene rings is 1. The summed E-state index contributed by atoms with van der Waals surface area (Å²) in [5, 5.41) is 5.34. The number of nitrogens with zero attached hydrogens (tertiary/aromatic N) is 3. The number of anilines is 1. The second-order valence-corrected chi connectivity index (χ2v) is 8.29. The van der Waals surface area contributed by atoms with Crippen molar-refractivity contribution in [2.45, 2.75) is 24.5 Å². The normalized spacial score (nSPS) is 18.2. The first-order valence-corrected chi connectivity index (χ1v) is 10.4. The minimum atomic E-state index is -0.463. The van der Waals surface area contributed by atoms with E-state index >= 15 is 0 Å². The molecule has 0 aliphatic carbocycles. The summed E-state index contributed by atoms with van der Waals surface area (Å²) in [5.74, 6) is 0. The number of rotatable bonds is 3. The van der Waals surface area contributed by atoms with Crippen molar-refractivity contribution in [1.82, 2.24) is 9.78 Å². The third-order valence-corrected chi connectivity index (χ3v) is 6.46. The summed E-state index contributed by atoms with van der Waals surface area (Å²) in [4.78, 5) is 14.6. The highest BCUT2D eigenvalue weighted by Crippen LogP contribution is 2.31. The SMILES string of the molecule is CSC1CCCCN(c2ccc(-n3ncc(Cl)c(Cl)c3=O)cc2Cl)C1. The lowest BCUT2D eigenvalue weighted by atomic mass is 10.2. The highest BCUT2D eigenvalue weighted by Gasteiger charge is 2.20. The van der Waals surface area contributed by atoms with Crippen molar-refractivity contribution in [3.63, 3.8) is 0 Å². The Kier molecular flexibility index (Phi) is 6.21. The van der Waals surface area contributed by atoms with Gasteiger partial charge in [-0.2, -0.15) is 21.5 Å². The fourth-order valence-corrected chi connectivity index (χ4v) is 4.27. The van der Waals surface area contributed by atoms with Gasteiger partial charge in [-0.25, -0.2) is 0 Å². The minimum absolute atomic E-state index is 0.0489. The van der Waals surface area contributed by atoms with Crippen molar-refractivity contribution in [2.24, 2.45) is 0 Å². The lowest BCUT2D eigenvalue weighted by Crippen LogP contribution is -2.29. The fraction of sp³-hybridized carbons (Fsp3) is 0.412. The van der Waals surface area contributed by atoms with E-state index in [1.165, 1.54) is 23.7 Å². The van der Waals surface area contributed by atoms with Crippen LogP contribution in [0.2, 0.25) is 15.1 Å². The van der Waals surface area contributed by atoms with Gasteiger partial charge in [0.1, 0.15) is 5.02 Å². The van der Waals surface area contributed by atoms with E-state index in [9.17, 15) is 4.79 Å². The van der Waals surface area contributed by atoms with Crippen LogP contribution in [0.5, 0.6) is 0 Å². The van der Waals surface area contributed by atoms with Crippen LogP contribution < -0.4 is 10.5 Å². The van der Waals surface area contributed by atoms with Gasteiger partial charge in [0.05, 0.1) is 27.6 Å². The smallest absolute Gasteiger partial charge is 0.291 e. The van der Waals surface area contributed by atoms with E-state index in [-0.39, 0.29) is 10.0 Å². The Morgan fingerprint density at radius 3 is 2.72 bits per heavy atom. The molecule has 1 saturated heterocycles. The predicted molar refractivity (Wildman–Crippen MR) is 108 cm³/mol. The van der Waals surface area contributed by atoms with Crippen LogP contribution >= 0.6 is 46.6 Å². The Morgan fingerprint density at radius 1 is 1.20 bits per heavy atom. The molecule has 1 aliphatic heterocycles. The van der Waals surface area contributed by atoms with E-state index < -0.39 is 5.56 Å². The molecule has 0 N–H and O–H groups in total. The van der Waals surface area contributed by atoms with E-state index in [4.69, 9.17) is 34.8 Å². The van der Waals surface area contributed by atoms with Crippen LogP contribution in [0.25, 0.3) is 5.69 Å². The second kappa shape index (κ2) is 8.21. The average Bonchev–Trinajstić information content (AvgIpc) is 2.85. The molecule has 1 aliphatic rings. The molecule has 1 aromatic carbocycles. The van der Waals surface area contributed by atoms with Crippen molar-refractivity contribution in [3.05, 3.63) is 49.8 Å². The first-order valence-electron chi connectivity index (χ1n) is 8.02. The molecule has 25 heavy (non-hydrogen) atoms. The van der Waals surface area contributed by atoms with E-state index in [1.54, 1.807) is 6.07 Å². The van der Waals surface area contributed by atoms with Crippen LogP contribution in [-0.4, -0.2) is 34.4 Å². The molecule has 1 atom stereocenters. The lowest BCUT2D eigenvalue weighted by molar-refractivity contribution is 0.736. The third kappa shape index (κ3) is 4.11. The molecule has 0 bridgehead atoms. The molecule has 4 nitrogen and oxygen atoms in total. The lowest BCUT2D eigenvalue weighted by Gasteiger charge is -2.27. The van der Waals surface area contributed by atoms with Gasteiger partial charge >= 0.3 is 0 Å². The molecule has 134 valence electrons. The molecule has 1 fully saturated rings. The van der Waals surface area contributed by atoms with Gasteiger partial charge in [0.2, 0.25) is 0 Å². The molecule has 0 spiro atoms. The Morgan fingerprint density at radius 2 is 2.00 bits per heavy atom. The number of thioether (sulfide) groups is 1. The zero-order chi connectivity index (χ0) is 18.0. The predicted octanol–water partition coefficient (Wildman–Crippen LogP) is 4.91. The summed E-state index contributed by atoms with van der Waals surface area (Å²) in [6.07, 6.45) is 7.13. The van der Waals surface area contributed by atoms with Crippen molar-refractivity contribution >= 4 is 52.3 Å². The summed E-state index contributed by atoms with van der Waals surface area (Å²) in [7, 11) is 0. The van der Waals surface area contributed by atoms with Crippen LogP contribution in [0.15, 0.2) is 29.2 Å². The van der Waals surface area contributed by atoms with Crippen LogP contribution in [0.4, 0.5) is 5.69 Å². The maximum absolute atomic E-state index is 12.2. The van der Waals surface area contributed by atoms with Gasteiger partial charge in [0, 0.05) is 18.3 Å². The summed E-state index contributed by atoms with van der Waals surface area (Å²) < 4.78 is 1.21. The number of hydrogen-bond donors (Lipinski definition) is 0. The molecule has 0 amide bonds. The monoisotopic (exact) mass is 417 g/mol. The molecule has 0 saturated carbocycles. The standard InChI is InChI=1S/C17H18Cl3N3OS/c1-25-12-4-2-3-7-22(10-12)15-6-5-11(8-13(15)18)23-17(24)16(20)14(19)9-21-23/h5-6,8-9,12H,2-4,7,10H2,1H3. The fourth-order valence-electron chi connectivity index (χ4n) is 2.99. The van der Waals surface area contributed by atoms with Crippen molar-refractivity contribution in [2.75, 3.05) is 24.2 Å². The molecule has 8 heteroatoms. The molecule has 3 rings (SSSR count). The van der Waals surface area contributed by atoms with E-state index in [2.05, 4.69) is 16.3 Å². The molecule has 0 radical (unpaired) electrons. The van der Waals surface area contributed by atoms with E-state index in [0.29, 0.717) is 16.0 Å². The molecule has 1 aromatic heterocycles. The second-order valence-electron chi connectivity index (χ2n) is 5.96. The van der Waals surface area contributed by atoms with Crippen LogP contribution in [0.1, 0.15) is 19.3 Å². The number of halogens is 3. The molecule has 2 aromatic rings. The van der Waals surface area contributed by atoms with Crippen molar-refractivity contribution in [1.29, 1.82) is 0 Å². The first kappa shape index (κ1) is 18.9. The molecule has 1 unspecified atom stereocenters. The number of hydrogen-bond acceptors (Lipinski definition) is 4. The summed E-state index contributed by atoms with van der Waals surface area (Å²) in [5.41, 5.74) is 1.09. The zero-order valence-corrected chi connectivity index (χ0v) is 16.8. The van der Waals surface area contributed by atoms with Crippen molar-refractivity contribution in [3.8, 4) is 5.69 Å². The van der Waals surface area contributed by atoms with Gasteiger partial charge in [0.25, 0.3) is 5.56 Å². The van der Waals surface area contributed by atoms with Gasteiger partial charge < -0.3 is 4.90 Å². The van der Waals surface area contributed by atoms with Gasteiger partial charge in [-0.15, -0.1) is 0 Å². The van der Waals surface area contributed by atoms with E-state index in [0.717, 1.165) is 25.2 Å². The Labute approximate surface area is 166 Å².